The van der Waals surface area contributed by atoms with Crippen molar-refractivity contribution in [3.8, 4) is 22.3 Å². The van der Waals surface area contributed by atoms with Crippen molar-refractivity contribution < 1.29 is 0 Å². The first-order valence-electron chi connectivity index (χ1n) is 15.1. The van der Waals surface area contributed by atoms with Crippen molar-refractivity contribution in [1.82, 2.24) is 23.2 Å². The Morgan fingerprint density at radius 1 is 0.488 bits per heavy atom. The topological polar surface area (TPSA) is 39.0 Å². The van der Waals surface area contributed by atoms with Crippen LogP contribution in [0.3, 0.4) is 0 Å². The maximum atomic E-state index is 5.47. The van der Waals surface area contributed by atoms with E-state index in [4.69, 9.17) is 9.97 Å². The van der Waals surface area contributed by atoms with Gasteiger partial charge in [-0.2, -0.15) is 0 Å². The van der Waals surface area contributed by atoms with Crippen LogP contribution in [0.25, 0.3) is 72.4 Å². The zero-order valence-electron chi connectivity index (χ0n) is 24.4. The van der Waals surface area contributed by atoms with Crippen molar-refractivity contribution in [2.24, 2.45) is 0 Å². The summed E-state index contributed by atoms with van der Waals surface area (Å²) >= 11 is 0. The van der Waals surface area contributed by atoms with Crippen LogP contribution in [0.5, 0.6) is 0 Å². The molecule has 9 aromatic rings. The Labute approximate surface area is 247 Å². The lowest BCUT2D eigenvalue weighted by Gasteiger charge is -2.22. The molecule has 0 saturated carbocycles. The maximum absolute atomic E-state index is 5.47. The molecule has 5 heteroatoms. The maximum Gasteiger partial charge on any atom is 0.223 e. The van der Waals surface area contributed by atoms with Crippen LogP contribution in [0, 0.1) is 0 Å². The first kappa shape index (κ1) is 22.4. The number of nitrogens with zero attached hydrogens (tertiary/aromatic N) is 5. The fourth-order valence-corrected chi connectivity index (χ4v) is 8.89. The summed E-state index contributed by atoms with van der Waals surface area (Å²) < 4.78 is 7.03. The van der Waals surface area contributed by atoms with Crippen LogP contribution in [0.15, 0.2) is 91.0 Å². The van der Waals surface area contributed by atoms with E-state index < -0.39 is 0 Å². The summed E-state index contributed by atoms with van der Waals surface area (Å²) in [5.74, 6) is 1.84. The molecule has 4 heterocycles. The standard InChI is InChI=1S/C38H27N5/c1-37(2)24-13-8-6-11-22(24)30-25(37)17-19-27-32(30)40-36-41(27)28-14-9-15-29-34(28)43(36)35-39-26-18-16-21-20-10-5-7-12-23(20)38(3,4)31(21)33(26)42(29)35/h5-19H,1-4H3. The minimum atomic E-state index is -0.133. The van der Waals surface area contributed by atoms with Crippen molar-refractivity contribution >= 4 is 50.2 Å². The zero-order valence-corrected chi connectivity index (χ0v) is 24.4. The molecule has 43 heavy (non-hydrogen) atoms. The quantitative estimate of drug-likeness (QED) is 0.188. The molecule has 2 aliphatic carbocycles. The summed E-state index contributed by atoms with van der Waals surface area (Å²) in [6.07, 6.45) is 0. The smallest absolute Gasteiger partial charge is 0.223 e. The SMILES string of the molecule is CC1(C)c2ccccc2-c2c1ccc1c2nc2n1c1cccc3c1n2c1nc2ccc4c(c2n31)C(C)(C)c1ccccc1-4. The van der Waals surface area contributed by atoms with E-state index in [1.807, 2.05) is 0 Å². The van der Waals surface area contributed by atoms with Crippen molar-refractivity contribution in [3.05, 3.63) is 113 Å². The summed E-state index contributed by atoms with van der Waals surface area (Å²) in [7, 11) is 0. The molecule has 11 rings (SSSR count). The summed E-state index contributed by atoms with van der Waals surface area (Å²) in [4.78, 5) is 10.8. The minimum absolute atomic E-state index is 0.0639. The van der Waals surface area contributed by atoms with Crippen LogP contribution in [0.4, 0.5) is 0 Å². The monoisotopic (exact) mass is 553 g/mol. The molecule has 4 aromatic heterocycles. The Hall–Kier alpha value is -5.16. The third-order valence-electron chi connectivity index (χ3n) is 10.8. The first-order valence-corrected chi connectivity index (χ1v) is 15.1. The van der Waals surface area contributed by atoms with E-state index in [1.165, 1.54) is 61.1 Å². The average molecular weight is 554 g/mol. The van der Waals surface area contributed by atoms with Crippen LogP contribution >= 0.6 is 0 Å². The second kappa shape index (κ2) is 6.73. The second-order valence-electron chi connectivity index (χ2n) is 13.5. The molecule has 0 bridgehead atoms. The van der Waals surface area contributed by atoms with Gasteiger partial charge in [0.2, 0.25) is 11.6 Å². The number of hydrogen-bond donors (Lipinski definition) is 0. The molecular weight excluding hydrogens is 526 g/mol. The molecule has 5 nitrogen and oxygen atoms in total. The molecular formula is C38H27N5. The van der Waals surface area contributed by atoms with Gasteiger partial charge in [-0.05, 0) is 63.2 Å². The average Bonchev–Trinajstić information content (AvgIpc) is 3.81. The number of fused-ring (bicyclic) bond motifs is 18. The third-order valence-corrected chi connectivity index (χ3v) is 10.8. The van der Waals surface area contributed by atoms with Crippen LogP contribution in [0.2, 0.25) is 0 Å². The van der Waals surface area contributed by atoms with Crippen LogP contribution in [0.1, 0.15) is 49.9 Å². The van der Waals surface area contributed by atoms with E-state index in [2.05, 4.69) is 132 Å². The largest absolute Gasteiger partial charge is 0.276 e. The van der Waals surface area contributed by atoms with Crippen molar-refractivity contribution in [2.45, 2.75) is 38.5 Å². The Bertz CT molecular complexity index is 2730. The summed E-state index contributed by atoms with van der Waals surface area (Å²) in [6.45, 7) is 9.37. The molecule has 0 radical (unpaired) electrons. The van der Waals surface area contributed by atoms with E-state index in [0.717, 1.165) is 33.6 Å². The highest BCUT2D eigenvalue weighted by atomic mass is 15.3. The lowest BCUT2D eigenvalue weighted by atomic mass is 9.82. The van der Waals surface area contributed by atoms with Gasteiger partial charge in [0.1, 0.15) is 5.52 Å². The molecule has 0 saturated heterocycles. The molecule has 0 fully saturated rings. The van der Waals surface area contributed by atoms with E-state index >= 15 is 0 Å². The lowest BCUT2D eigenvalue weighted by molar-refractivity contribution is 0.661. The Balaban J connectivity index is 1.32. The summed E-state index contributed by atoms with van der Waals surface area (Å²) in [5, 5.41) is 0. The molecule has 0 spiro atoms. The van der Waals surface area contributed by atoms with Crippen LogP contribution < -0.4 is 0 Å². The van der Waals surface area contributed by atoms with E-state index in [0.29, 0.717) is 0 Å². The van der Waals surface area contributed by atoms with E-state index in [1.54, 1.807) is 0 Å². The normalized spacial score (nSPS) is 16.3. The molecule has 5 aromatic carbocycles. The van der Waals surface area contributed by atoms with Crippen molar-refractivity contribution in [2.75, 3.05) is 0 Å². The van der Waals surface area contributed by atoms with Crippen molar-refractivity contribution in [3.63, 3.8) is 0 Å². The van der Waals surface area contributed by atoms with Gasteiger partial charge < -0.3 is 0 Å². The van der Waals surface area contributed by atoms with Gasteiger partial charge in [0.15, 0.2) is 0 Å². The van der Waals surface area contributed by atoms with Gasteiger partial charge >= 0.3 is 0 Å². The number of imidazole rings is 4. The molecule has 0 atom stereocenters. The van der Waals surface area contributed by atoms with E-state index in [-0.39, 0.29) is 10.8 Å². The Kier molecular flexibility index (Phi) is 3.51. The second-order valence-corrected chi connectivity index (χ2v) is 13.5. The first-order chi connectivity index (χ1) is 20.9. The zero-order chi connectivity index (χ0) is 28.6. The molecule has 0 unspecified atom stereocenters. The van der Waals surface area contributed by atoms with E-state index in [9.17, 15) is 0 Å². The number of aromatic nitrogens is 5. The number of rotatable bonds is 0. The summed E-state index contributed by atoms with van der Waals surface area (Å²) in [6, 6.07) is 33.4. The van der Waals surface area contributed by atoms with Gasteiger partial charge in [-0.15, -0.1) is 0 Å². The fourth-order valence-electron chi connectivity index (χ4n) is 8.89. The molecule has 0 aliphatic heterocycles. The van der Waals surface area contributed by atoms with Crippen LogP contribution in [-0.4, -0.2) is 23.2 Å². The molecule has 2 aliphatic rings. The third kappa shape index (κ3) is 2.25. The highest BCUT2D eigenvalue weighted by Gasteiger charge is 2.40. The number of para-hydroxylation sites is 1. The summed E-state index contributed by atoms with van der Waals surface area (Å²) in [5.41, 5.74) is 18.4. The highest BCUT2D eigenvalue weighted by molar-refractivity contribution is 6.08. The highest BCUT2D eigenvalue weighted by Crippen LogP contribution is 2.53. The number of benzene rings is 5. The van der Waals surface area contributed by atoms with Gasteiger partial charge in [0.05, 0.1) is 33.1 Å². The lowest BCUT2D eigenvalue weighted by Crippen LogP contribution is -2.16. The Morgan fingerprint density at radius 3 is 2.00 bits per heavy atom. The molecule has 0 amide bonds. The van der Waals surface area contributed by atoms with Gasteiger partial charge in [-0.25, -0.2) is 14.4 Å². The number of hydrogen-bond acceptors (Lipinski definition) is 2. The predicted molar refractivity (Wildman–Crippen MR) is 174 cm³/mol. The van der Waals surface area contributed by atoms with Crippen molar-refractivity contribution in [1.29, 1.82) is 0 Å². The fraction of sp³-hybridized carbons (Fsp3) is 0.158. The molecule has 204 valence electrons. The van der Waals surface area contributed by atoms with Gasteiger partial charge in [0.25, 0.3) is 0 Å². The van der Waals surface area contributed by atoms with Crippen LogP contribution in [-0.2, 0) is 10.8 Å². The Morgan fingerprint density at radius 2 is 1.19 bits per heavy atom. The van der Waals surface area contributed by atoms with Gasteiger partial charge in [-0.3, -0.25) is 8.80 Å². The molecule has 0 N–H and O–H groups in total. The van der Waals surface area contributed by atoms with Gasteiger partial charge in [-0.1, -0.05) is 94.4 Å². The minimum Gasteiger partial charge on any atom is -0.276 e. The van der Waals surface area contributed by atoms with Gasteiger partial charge in [0, 0.05) is 16.4 Å². The predicted octanol–water partition coefficient (Wildman–Crippen LogP) is 8.74.